The molecule has 0 amide bonds. The first kappa shape index (κ1) is 9.19. The fourth-order valence-corrected chi connectivity index (χ4v) is 1.25. The average molecular weight is 209 g/mol. The zero-order valence-electron chi connectivity index (χ0n) is 7.75. The summed E-state index contributed by atoms with van der Waals surface area (Å²) in [5, 5.41) is 17.9. The largest absolute Gasteiger partial charge is 0.394 e. The number of nitrogens with two attached hydrogens (primary N) is 1. The Bertz CT molecular complexity index is 514. The maximum Gasteiger partial charge on any atom is 0.318 e. The second-order valence-electron chi connectivity index (χ2n) is 2.87. The summed E-state index contributed by atoms with van der Waals surface area (Å²) in [5.41, 5.74) is 5.83. The third-order valence-electron chi connectivity index (χ3n) is 1.93. The SMILES string of the molecule is Cn1ncc([N+](=O)[O-])c1-c1oncc1N. The quantitative estimate of drug-likeness (QED) is 0.571. The van der Waals surface area contributed by atoms with Gasteiger partial charge in [0, 0.05) is 7.05 Å². The van der Waals surface area contributed by atoms with Gasteiger partial charge in [-0.05, 0) is 0 Å². The van der Waals surface area contributed by atoms with Crippen LogP contribution in [0.1, 0.15) is 0 Å². The molecule has 8 nitrogen and oxygen atoms in total. The topological polar surface area (TPSA) is 113 Å². The molecule has 0 unspecified atom stereocenters. The Morgan fingerprint density at radius 1 is 1.60 bits per heavy atom. The molecule has 78 valence electrons. The van der Waals surface area contributed by atoms with E-state index in [4.69, 9.17) is 10.3 Å². The number of aromatic nitrogens is 3. The van der Waals surface area contributed by atoms with Crippen molar-refractivity contribution in [3.63, 3.8) is 0 Å². The van der Waals surface area contributed by atoms with E-state index in [0.717, 1.165) is 6.20 Å². The minimum Gasteiger partial charge on any atom is -0.394 e. The van der Waals surface area contributed by atoms with Gasteiger partial charge in [0.15, 0.2) is 5.69 Å². The zero-order valence-corrected chi connectivity index (χ0v) is 7.75. The molecule has 0 aliphatic carbocycles. The van der Waals surface area contributed by atoms with Crippen LogP contribution in [0.25, 0.3) is 11.5 Å². The van der Waals surface area contributed by atoms with Gasteiger partial charge in [0.05, 0.1) is 11.1 Å². The van der Waals surface area contributed by atoms with Crippen molar-refractivity contribution in [1.82, 2.24) is 14.9 Å². The van der Waals surface area contributed by atoms with Gasteiger partial charge in [0.25, 0.3) is 0 Å². The van der Waals surface area contributed by atoms with Crippen LogP contribution in [0.2, 0.25) is 0 Å². The van der Waals surface area contributed by atoms with E-state index in [2.05, 4.69) is 10.3 Å². The van der Waals surface area contributed by atoms with Gasteiger partial charge in [-0.25, -0.2) is 0 Å². The van der Waals surface area contributed by atoms with Gasteiger partial charge in [-0.3, -0.25) is 14.8 Å². The first-order chi connectivity index (χ1) is 7.11. The monoisotopic (exact) mass is 209 g/mol. The van der Waals surface area contributed by atoms with Gasteiger partial charge in [0.1, 0.15) is 11.9 Å². The molecule has 0 saturated carbocycles. The van der Waals surface area contributed by atoms with E-state index in [9.17, 15) is 10.1 Å². The summed E-state index contributed by atoms with van der Waals surface area (Å²) in [5.74, 6) is 0.154. The van der Waals surface area contributed by atoms with Crippen molar-refractivity contribution in [1.29, 1.82) is 0 Å². The van der Waals surface area contributed by atoms with Crippen molar-refractivity contribution in [3.05, 3.63) is 22.5 Å². The van der Waals surface area contributed by atoms with E-state index in [-0.39, 0.29) is 22.8 Å². The van der Waals surface area contributed by atoms with E-state index in [1.165, 1.54) is 10.9 Å². The third kappa shape index (κ3) is 1.31. The highest BCUT2D eigenvalue weighted by Crippen LogP contribution is 2.32. The lowest BCUT2D eigenvalue weighted by molar-refractivity contribution is -0.384. The molecule has 0 aliphatic rings. The molecule has 2 aromatic rings. The fraction of sp³-hybridized carbons (Fsp3) is 0.143. The second-order valence-corrected chi connectivity index (χ2v) is 2.87. The third-order valence-corrected chi connectivity index (χ3v) is 1.93. The maximum absolute atomic E-state index is 10.7. The van der Waals surface area contributed by atoms with E-state index < -0.39 is 4.92 Å². The average Bonchev–Trinajstić information content (AvgIpc) is 2.71. The summed E-state index contributed by atoms with van der Waals surface area (Å²) in [4.78, 5) is 10.1. The van der Waals surface area contributed by atoms with Crippen molar-refractivity contribution in [2.45, 2.75) is 0 Å². The molecule has 15 heavy (non-hydrogen) atoms. The Kier molecular flexibility index (Phi) is 1.89. The fourth-order valence-electron chi connectivity index (χ4n) is 1.25. The number of rotatable bonds is 2. The van der Waals surface area contributed by atoms with Crippen LogP contribution < -0.4 is 5.73 Å². The van der Waals surface area contributed by atoms with Crippen LogP contribution in [0.5, 0.6) is 0 Å². The van der Waals surface area contributed by atoms with E-state index in [1.54, 1.807) is 7.05 Å². The van der Waals surface area contributed by atoms with Crippen molar-refractivity contribution < 1.29 is 9.45 Å². The lowest BCUT2D eigenvalue weighted by Gasteiger charge is -1.97. The molecule has 2 heterocycles. The molecule has 0 fully saturated rings. The van der Waals surface area contributed by atoms with Crippen molar-refractivity contribution in [2.75, 3.05) is 5.73 Å². The second kappa shape index (κ2) is 3.08. The molecular formula is C7H7N5O3. The number of anilines is 1. The first-order valence-electron chi connectivity index (χ1n) is 3.98. The smallest absolute Gasteiger partial charge is 0.318 e. The number of nitrogens with zero attached hydrogens (tertiary/aromatic N) is 4. The molecule has 0 aliphatic heterocycles. The predicted octanol–water partition coefficient (Wildman–Crippen LogP) is 0.565. The molecule has 2 rings (SSSR count). The number of nitro groups is 1. The number of hydrogen-bond acceptors (Lipinski definition) is 6. The Balaban J connectivity index is 2.66. The van der Waals surface area contributed by atoms with Crippen molar-refractivity contribution in [3.8, 4) is 11.5 Å². The summed E-state index contributed by atoms with van der Waals surface area (Å²) >= 11 is 0. The highest BCUT2D eigenvalue weighted by Gasteiger charge is 2.25. The molecule has 2 N–H and O–H groups in total. The summed E-state index contributed by atoms with van der Waals surface area (Å²) < 4.78 is 6.15. The Hall–Kier alpha value is -2.38. The van der Waals surface area contributed by atoms with E-state index in [0.29, 0.717) is 0 Å². The van der Waals surface area contributed by atoms with Gasteiger partial charge in [-0.1, -0.05) is 5.16 Å². The summed E-state index contributed by atoms with van der Waals surface area (Å²) in [6.45, 7) is 0. The molecule has 0 bridgehead atoms. The minimum atomic E-state index is -0.551. The molecular weight excluding hydrogens is 202 g/mol. The van der Waals surface area contributed by atoms with Gasteiger partial charge in [-0.2, -0.15) is 5.10 Å². The van der Waals surface area contributed by atoms with Crippen LogP contribution in [-0.2, 0) is 7.05 Å². The van der Waals surface area contributed by atoms with Gasteiger partial charge < -0.3 is 10.3 Å². The molecule has 0 radical (unpaired) electrons. The van der Waals surface area contributed by atoms with E-state index in [1.807, 2.05) is 0 Å². The summed E-state index contributed by atoms with van der Waals surface area (Å²) in [7, 11) is 1.56. The number of aryl methyl sites for hydroxylation is 1. The van der Waals surface area contributed by atoms with Crippen molar-refractivity contribution >= 4 is 11.4 Å². The standard InChI is InChI=1S/C7H7N5O3/c1-11-6(5(3-9-11)12(13)14)7-4(8)2-10-15-7/h2-3H,8H2,1H3. The van der Waals surface area contributed by atoms with Gasteiger partial charge in [-0.15, -0.1) is 0 Å². The van der Waals surface area contributed by atoms with Crippen LogP contribution in [0.15, 0.2) is 16.9 Å². The summed E-state index contributed by atoms with van der Waals surface area (Å²) in [6, 6.07) is 0. The number of hydrogen-bond donors (Lipinski definition) is 1. The van der Waals surface area contributed by atoms with Crippen LogP contribution in [0.3, 0.4) is 0 Å². The maximum atomic E-state index is 10.7. The van der Waals surface area contributed by atoms with Gasteiger partial charge in [0.2, 0.25) is 5.76 Å². The Labute approximate surface area is 83.4 Å². The lowest BCUT2D eigenvalue weighted by atomic mass is 10.2. The van der Waals surface area contributed by atoms with Crippen molar-refractivity contribution in [2.24, 2.45) is 7.05 Å². The Morgan fingerprint density at radius 3 is 2.87 bits per heavy atom. The van der Waals surface area contributed by atoms with Crippen LogP contribution >= 0.6 is 0 Å². The highest BCUT2D eigenvalue weighted by atomic mass is 16.6. The predicted molar refractivity (Wildman–Crippen MR) is 49.8 cm³/mol. The molecule has 0 saturated heterocycles. The Morgan fingerprint density at radius 2 is 2.33 bits per heavy atom. The normalized spacial score (nSPS) is 10.5. The highest BCUT2D eigenvalue weighted by molar-refractivity contribution is 5.74. The lowest BCUT2D eigenvalue weighted by Crippen LogP contribution is -1.97. The molecule has 0 spiro atoms. The molecule has 0 aromatic carbocycles. The zero-order chi connectivity index (χ0) is 11.0. The molecule has 0 atom stereocenters. The van der Waals surface area contributed by atoms with E-state index >= 15 is 0 Å². The first-order valence-corrected chi connectivity index (χ1v) is 3.98. The molecule has 2 aromatic heterocycles. The van der Waals surface area contributed by atoms with Gasteiger partial charge >= 0.3 is 5.69 Å². The van der Waals surface area contributed by atoms with Crippen LogP contribution in [-0.4, -0.2) is 19.9 Å². The minimum absolute atomic E-state index is 0.154. The van der Waals surface area contributed by atoms with Crippen LogP contribution in [0, 0.1) is 10.1 Å². The summed E-state index contributed by atoms with van der Waals surface area (Å²) in [6.07, 6.45) is 2.42. The van der Waals surface area contributed by atoms with Crippen LogP contribution in [0.4, 0.5) is 11.4 Å². The number of nitrogen functional groups attached to an aromatic ring is 1. The molecule has 8 heteroatoms.